The van der Waals surface area contributed by atoms with Gasteiger partial charge in [-0.15, -0.1) is 0 Å². The number of halogens is 1. The lowest BCUT2D eigenvalue weighted by atomic mass is 9.92. The molecule has 16 heavy (non-hydrogen) atoms. The lowest BCUT2D eigenvalue weighted by molar-refractivity contribution is 0.250. The first-order valence-electron chi connectivity index (χ1n) is 5.76. The first-order valence-corrected chi connectivity index (χ1v) is 7.37. The van der Waals surface area contributed by atoms with E-state index in [0.29, 0.717) is 19.0 Å². The van der Waals surface area contributed by atoms with Crippen LogP contribution in [-0.4, -0.2) is 44.3 Å². The minimum absolute atomic E-state index is 0.0770. The molecule has 0 spiro atoms. The van der Waals surface area contributed by atoms with Crippen molar-refractivity contribution < 1.29 is 12.8 Å². The van der Waals surface area contributed by atoms with Gasteiger partial charge in [-0.1, -0.05) is 0 Å². The first-order chi connectivity index (χ1) is 7.47. The SMILES string of the molecule is CC(N)C1CCN(S(=O)(=O)CCCF)CC1. The number of alkyl halides is 1. The molecule has 1 atom stereocenters. The fourth-order valence-corrected chi connectivity index (χ4v) is 3.55. The minimum atomic E-state index is -3.24. The van der Waals surface area contributed by atoms with Crippen molar-refractivity contribution in [2.75, 3.05) is 25.5 Å². The third-order valence-electron chi connectivity index (χ3n) is 3.17. The maximum Gasteiger partial charge on any atom is 0.214 e. The number of nitrogens with zero attached hydrogens (tertiary/aromatic N) is 1. The van der Waals surface area contributed by atoms with E-state index in [1.807, 2.05) is 6.92 Å². The highest BCUT2D eigenvalue weighted by Crippen LogP contribution is 2.21. The number of hydrogen-bond acceptors (Lipinski definition) is 3. The van der Waals surface area contributed by atoms with Crippen LogP contribution < -0.4 is 5.73 Å². The Morgan fingerprint density at radius 1 is 1.44 bits per heavy atom. The number of rotatable bonds is 5. The van der Waals surface area contributed by atoms with Crippen LogP contribution in [0.15, 0.2) is 0 Å². The van der Waals surface area contributed by atoms with Crippen LogP contribution >= 0.6 is 0 Å². The van der Waals surface area contributed by atoms with Crippen LogP contribution in [0, 0.1) is 5.92 Å². The topological polar surface area (TPSA) is 63.4 Å². The van der Waals surface area contributed by atoms with Gasteiger partial charge in [0.15, 0.2) is 0 Å². The van der Waals surface area contributed by atoms with Crippen LogP contribution in [0.4, 0.5) is 4.39 Å². The van der Waals surface area contributed by atoms with Crippen LogP contribution in [0.25, 0.3) is 0 Å². The van der Waals surface area contributed by atoms with Crippen molar-refractivity contribution in [2.45, 2.75) is 32.2 Å². The van der Waals surface area contributed by atoms with E-state index in [1.54, 1.807) is 0 Å². The second-order valence-electron chi connectivity index (χ2n) is 4.45. The summed E-state index contributed by atoms with van der Waals surface area (Å²) in [6, 6.07) is 0.121. The van der Waals surface area contributed by atoms with E-state index < -0.39 is 16.7 Å². The molecule has 1 aliphatic heterocycles. The highest BCUT2D eigenvalue weighted by Gasteiger charge is 2.28. The first kappa shape index (κ1) is 13.9. The summed E-state index contributed by atoms with van der Waals surface area (Å²) >= 11 is 0. The molecule has 1 rings (SSSR count). The monoisotopic (exact) mass is 252 g/mol. The lowest BCUT2D eigenvalue weighted by Gasteiger charge is -2.32. The summed E-state index contributed by atoms with van der Waals surface area (Å²) in [6.07, 6.45) is 1.72. The molecule has 2 N–H and O–H groups in total. The molecule has 1 fully saturated rings. The Morgan fingerprint density at radius 3 is 2.44 bits per heavy atom. The average molecular weight is 252 g/mol. The summed E-state index contributed by atoms with van der Waals surface area (Å²) in [6.45, 7) is 2.44. The molecule has 0 aromatic carbocycles. The summed E-state index contributed by atoms with van der Waals surface area (Å²) in [5.41, 5.74) is 5.78. The van der Waals surface area contributed by atoms with Gasteiger partial charge in [0.05, 0.1) is 12.4 Å². The van der Waals surface area contributed by atoms with Crippen LogP contribution in [0.3, 0.4) is 0 Å². The Bertz CT molecular complexity index is 298. The fourth-order valence-electron chi connectivity index (χ4n) is 2.05. The molecule has 96 valence electrons. The van der Waals surface area contributed by atoms with Gasteiger partial charge >= 0.3 is 0 Å². The average Bonchev–Trinajstić information content (AvgIpc) is 2.26. The Balaban J connectivity index is 2.47. The maximum absolute atomic E-state index is 12.0. The standard InChI is InChI=1S/C10H21FN2O2S/c1-9(12)10-3-6-13(7-4-10)16(14,15)8-2-5-11/h9-10H,2-8,12H2,1H3. The molecule has 0 aliphatic carbocycles. The van der Waals surface area contributed by atoms with Crippen molar-refractivity contribution in [1.82, 2.24) is 4.31 Å². The normalized spacial score (nSPS) is 22.2. The van der Waals surface area contributed by atoms with Crippen LogP contribution in [0.2, 0.25) is 0 Å². The van der Waals surface area contributed by atoms with E-state index in [9.17, 15) is 12.8 Å². The molecular weight excluding hydrogens is 231 g/mol. The van der Waals surface area contributed by atoms with Gasteiger partial charge in [-0.25, -0.2) is 12.7 Å². The van der Waals surface area contributed by atoms with Crippen molar-refractivity contribution in [2.24, 2.45) is 11.7 Å². The van der Waals surface area contributed by atoms with E-state index >= 15 is 0 Å². The van der Waals surface area contributed by atoms with E-state index in [-0.39, 0.29) is 18.2 Å². The number of piperidine rings is 1. The summed E-state index contributed by atoms with van der Waals surface area (Å²) in [7, 11) is -3.24. The molecule has 0 radical (unpaired) electrons. The zero-order valence-electron chi connectivity index (χ0n) is 9.73. The molecule has 0 aromatic rings. The van der Waals surface area contributed by atoms with Gasteiger partial charge in [-0.3, -0.25) is 4.39 Å². The quantitative estimate of drug-likeness (QED) is 0.784. The van der Waals surface area contributed by atoms with Crippen LogP contribution in [0.5, 0.6) is 0 Å². The van der Waals surface area contributed by atoms with Crippen molar-refractivity contribution in [3.63, 3.8) is 0 Å². The van der Waals surface area contributed by atoms with E-state index in [0.717, 1.165) is 12.8 Å². The zero-order chi connectivity index (χ0) is 12.2. The highest BCUT2D eigenvalue weighted by atomic mass is 32.2. The summed E-state index contributed by atoms with van der Waals surface area (Å²) in [5.74, 6) is 0.333. The van der Waals surface area contributed by atoms with Gasteiger partial charge in [0.2, 0.25) is 10.0 Å². The largest absolute Gasteiger partial charge is 0.328 e. The smallest absolute Gasteiger partial charge is 0.214 e. The summed E-state index contributed by atoms with van der Waals surface area (Å²) in [4.78, 5) is 0. The molecule has 0 bridgehead atoms. The number of nitrogens with two attached hydrogens (primary N) is 1. The Morgan fingerprint density at radius 2 is 2.00 bits per heavy atom. The Hall–Kier alpha value is -0.200. The third-order valence-corrected chi connectivity index (χ3v) is 5.13. The van der Waals surface area contributed by atoms with E-state index in [4.69, 9.17) is 5.73 Å². The minimum Gasteiger partial charge on any atom is -0.328 e. The van der Waals surface area contributed by atoms with Gasteiger partial charge in [0.25, 0.3) is 0 Å². The molecule has 1 unspecified atom stereocenters. The van der Waals surface area contributed by atoms with Gasteiger partial charge in [-0.2, -0.15) is 0 Å². The summed E-state index contributed by atoms with van der Waals surface area (Å²) in [5, 5.41) is 0. The highest BCUT2D eigenvalue weighted by molar-refractivity contribution is 7.89. The van der Waals surface area contributed by atoms with Crippen molar-refractivity contribution in [3.05, 3.63) is 0 Å². The van der Waals surface area contributed by atoms with Crippen molar-refractivity contribution in [3.8, 4) is 0 Å². The molecule has 6 heteroatoms. The van der Waals surface area contributed by atoms with Crippen LogP contribution in [-0.2, 0) is 10.0 Å². The number of sulfonamides is 1. The fraction of sp³-hybridized carbons (Fsp3) is 1.00. The van der Waals surface area contributed by atoms with Gasteiger partial charge in [-0.05, 0) is 32.1 Å². The second-order valence-corrected chi connectivity index (χ2v) is 6.54. The van der Waals surface area contributed by atoms with Gasteiger partial charge in [0.1, 0.15) is 0 Å². The Labute approximate surface area is 97.0 Å². The van der Waals surface area contributed by atoms with Crippen LogP contribution in [0.1, 0.15) is 26.2 Å². The lowest BCUT2D eigenvalue weighted by Crippen LogP contribution is -2.43. The molecule has 1 aliphatic rings. The third kappa shape index (κ3) is 3.68. The van der Waals surface area contributed by atoms with E-state index in [2.05, 4.69) is 0 Å². The molecule has 4 nitrogen and oxygen atoms in total. The van der Waals surface area contributed by atoms with Gasteiger partial charge < -0.3 is 5.73 Å². The molecule has 0 amide bonds. The molecule has 0 saturated carbocycles. The number of hydrogen-bond donors (Lipinski definition) is 1. The molecular formula is C10H21FN2O2S. The zero-order valence-corrected chi connectivity index (χ0v) is 10.5. The molecule has 1 saturated heterocycles. The second kappa shape index (κ2) is 5.93. The van der Waals surface area contributed by atoms with Crippen molar-refractivity contribution >= 4 is 10.0 Å². The van der Waals surface area contributed by atoms with E-state index in [1.165, 1.54) is 4.31 Å². The predicted octanol–water partition coefficient (Wildman–Crippen LogP) is 0.735. The summed E-state index contributed by atoms with van der Waals surface area (Å²) < 4.78 is 36.9. The van der Waals surface area contributed by atoms with Gasteiger partial charge in [0, 0.05) is 19.1 Å². The maximum atomic E-state index is 12.0. The Kier molecular flexibility index (Phi) is 5.14. The van der Waals surface area contributed by atoms with Crippen molar-refractivity contribution in [1.29, 1.82) is 0 Å². The molecule has 1 heterocycles. The molecule has 0 aromatic heterocycles. The predicted molar refractivity (Wildman–Crippen MR) is 62.3 cm³/mol.